The molecule has 0 atom stereocenters. The number of benzene rings is 2. The smallest absolute Gasteiger partial charge is 0.321 e. The second kappa shape index (κ2) is 7.50. The summed E-state index contributed by atoms with van der Waals surface area (Å²) in [7, 11) is -3.74. The second-order valence-corrected chi connectivity index (χ2v) is 9.40. The van der Waals surface area contributed by atoms with E-state index in [-0.39, 0.29) is 10.9 Å². The van der Waals surface area contributed by atoms with Crippen molar-refractivity contribution in [2.45, 2.75) is 23.7 Å². The largest absolute Gasteiger partial charge is 0.324 e. The first-order valence-corrected chi connectivity index (χ1v) is 11.3. The number of carbonyl (C=O) groups is 1. The molecule has 146 valence electrons. The van der Waals surface area contributed by atoms with E-state index in [9.17, 15) is 13.2 Å². The summed E-state index contributed by atoms with van der Waals surface area (Å²) in [5.74, 6) is 0.371. The Morgan fingerprint density at radius 2 is 1.79 bits per heavy atom. The van der Waals surface area contributed by atoms with Crippen molar-refractivity contribution in [3.8, 4) is 0 Å². The topological polar surface area (TPSA) is 105 Å². The number of nitrogens with zero attached hydrogens (tertiary/aromatic N) is 2. The molecular formula is C19H20N4O3S2. The van der Waals surface area contributed by atoms with Gasteiger partial charge in [0.2, 0.25) is 10.0 Å². The Morgan fingerprint density at radius 1 is 1.11 bits per heavy atom. The van der Waals surface area contributed by atoms with Gasteiger partial charge in [0.05, 0.1) is 20.1 Å². The summed E-state index contributed by atoms with van der Waals surface area (Å²) < 4.78 is 23.8. The highest BCUT2D eigenvalue weighted by Gasteiger charge is 2.26. The number of fused-ring (bicyclic) bond motifs is 1. The molecule has 2 amide bonds. The lowest BCUT2D eigenvalue weighted by Gasteiger charge is -2.31. The molecule has 0 radical (unpaired) electrons. The molecule has 1 aliphatic heterocycles. The Kier molecular flexibility index (Phi) is 5.05. The van der Waals surface area contributed by atoms with E-state index in [1.165, 1.54) is 29.0 Å². The number of amides is 2. The molecule has 7 nitrogen and oxygen atoms in total. The molecule has 3 N–H and O–H groups in total. The van der Waals surface area contributed by atoms with Crippen molar-refractivity contribution in [3.63, 3.8) is 0 Å². The molecular weight excluding hydrogens is 396 g/mol. The van der Waals surface area contributed by atoms with E-state index in [0.29, 0.717) is 24.7 Å². The highest BCUT2D eigenvalue weighted by atomic mass is 32.2. The Morgan fingerprint density at radius 3 is 2.43 bits per heavy atom. The third-order valence-electron chi connectivity index (χ3n) is 4.88. The van der Waals surface area contributed by atoms with Crippen LogP contribution in [0, 0.1) is 0 Å². The van der Waals surface area contributed by atoms with Gasteiger partial charge >= 0.3 is 6.03 Å². The zero-order chi connectivity index (χ0) is 19.7. The molecule has 1 aromatic heterocycles. The molecule has 0 saturated carbocycles. The lowest BCUT2D eigenvalue weighted by molar-refractivity contribution is 0.194. The number of nitrogens with one attached hydrogen (secondary N) is 1. The molecule has 0 aliphatic carbocycles. The SMILES string of the molecule is NS(=O)(=O)c1ccc(NC(=O)N2CCC(c3nc4ccccc4s3)CC2)cc1. The molecule has 2 heterocycles. The van der Waals surface area contributed by atoms with E-state index >= 15 is 0 Å². The van der Waals surface area contributed by atoms with E-state index in [0.717, 1.165) is 23.4 Å². The summed E-state index contributed by atoms with van der Waals surface area (Å²) in [5, 5.41) is 9.03. The fourth-order valence-electron chi connectivity index (χ4n) is 3.32. The molecule has 1 aliphatic rings. The van der Waals surface area contributed by atoms with Crippen LogP contribution in [0.2, 0.25) is 0 Å². The highest BCUT2D eigenvalue weighted by molar-refractivity contribution is 7.89. The number of urea groups is 1. The number of sulfonamides is 1. The lowest BCUT2D eigenvalue weighted by atomic mass is 9.98. The maximum absolute atomic E-state index is 12.5. The Hall–Kier alpha value is -2.49. The van der Waals surface area contributed by atoms with E-state index in [2.05, 4.69) is 11.4 Å². The van der Waals surface area contributed by atoms with Crippen molar-refractivity contribution >= 4 is 43.3 Å². The lowest BCUT2D eigenvalue weighted by Crippen LogP contribution is -2.40. The van der Waals surface area contributed by atoms with Crippen LogP contribution >= 0.6 is 11.3 Å². The minimum Gasteiger partial charge on any atom is -0.324 e. The summed E-state index contributed by atoms with van der Waals surface area (Å²) in [5.41, 5.74) is 1.57. The third kappa shape index (κ3) is 4.01. The van der Waals surface area contributed by atoms with Crippen molar-refractivity contribution < 1.29 is 13.2 Å². The zero-order valence-electron chi connectivity index (χ0n) is 15.0. The van der Waals surface area contributed by atoms with Crippen LogP contribution in [0.25, 0.3) is 10.2 Å². The van der Waals surface area contributed by atoms with Crippen LogP contribution < -0.4 is 10.5 Å². The zero-order valence-corrected chi connectivity index (χ0v) is 16.7. The van der Waals surface area contributed by atoms with Gasteiger partial charge in [-0.1, -0.05) is 12.1 Å². The number of thiazole rings is 1. The normalized spacial score (nSPS) is 15.7. The second-order valence-electron chi connectivity index (χ2n) is 6.78. The van der Waals surface area contributed by atoms with Gasteiger partial charge in [0.15, 0.2) is 0 Å². The number of likely N-dealkylation sites (tertiary alicyclic amines) is 1. The van der Waals surface area contributed by atoms with Gasteiger partial charge in [-0.25, -0.2) is 23.3 Å². The van der Waals surface area contributed by atoms with Crippen molar-refractivity contribution in [1.29, 1.82) is 0 Å². The number of piperidine rings is 1. The van der Waals surface area contributed by atoms with Crippen LogP contribution in [-0.4, -0.2) is 37.4 Å². The van der Waals surface area contributed by atoms with Gasteiger partial charge in [-0.3, -0.25) is 0 Å². The van der Waals surface area contributed by atoms with Gasteiger partial charge in [-0.05, 0) is 49.2 Å². The number of aromatic nitrogens is 1. The molecule has 9 heteroatoms. The number of hydrogen-bond donors (Lipinski definition) is 2. The van der Waals surface area contributed by atoms with Crippen LogP contribution in [0.1, 0.15) is 23.8 Å². The van der Waals surface area contributed by atoms with E-state index < -0.39 is 10.0 Å². The molecule has 4 rings (SSSR count). The predicted molar refractivity (Wildman–Crippen MR) is 110 cm³/mol. The van der Waals surface area contributed by atoms with E-state index in [4.69, 9.17) is 10.1 Å². The number of carbonyl (C=O) groups excluding carboxylic acids is 1. The molecule has 1 fully saturated rings. The quantitative estimate of drug-likeness (QED) is 0.683. The molecule has 1 saturated heterocycles. The van der Waals surface area contributed by atoms with Crippen LogP contribution in [0.4, 0.5) is 10.5 Å². The average Bonchev–Trinajstić information content (AvgIpc) is 3.12. The maximum atomic E-state index is 12.5. The van der Waals surface area contributed by atoms with Crippen molar-refractivity contribution in [1.82, 2.24) is 9.88 Å². The maximum Gasteiger partial charge on any atom is 0.321 e. The molecule has 28 heavy (non-hydrogen) atoms. The van der Waals surface area contributed by atoms with Gasteiger partial charge in [0.1, 0.15) is 0 Å². The number of anilines is 1. The van der Waals surface area contributed by atoms with Crippen molar-refractivity contribution in [3.05, 3.63) is 53.5 Å². The van der Waals surface area contributed by atoms with Crippen LogP contribution in [0.15, 0.2) is 53.4 Å². The summed E-state index contributed by atoms with van der Waals surface area (Å²) >= 11 is 1.73. The van der Waals surface area contributed by atoms with Crippen molar-refractivity contribution in [2.75, 3.05) is 18.4 Å². The summed E-state index contributed by atoms with van der Waals surface area (Å²) in [6.45, 7) is 1.31. The van der Waals surface area contributed by atoms with Gasteiger partial charge < -0.3 is 10.2 Å². The van der Waals surface area contributed by atoms with E-state index in [1.54, 1.807) is 16.2 Å². The third-order valence-corrected chi connectivity index (χ3v) is 7.00. The number of hydrogen-bond acceptors (Lipinski definition) is 5. The first-order chi connectivity index (χ1) is 13.4. The van der Waals surface area contributed by atoms with Crippen molar-refractivity contribution in [2.24, 2.45) is 5.14 Å². The first kappa shape index (κ1) is 18.9. The van der Waals surface area contributed by atoms with Gasteiger partial charge in [0, 0.05) is 24.7 Å². The molecule has 3 aromatic rings. The monoisotopic (exact) mass is 416 g/mol. The minimum absolute atomic E-state index is 0.0159. The summed E-state index contributed by atoms with van der Waals surface area (Å²) in [4.78, 5) is 19.0. The highest BCUT2D eigenvalue weighted by Crippen LogP contribution is 2.33. The van der Waals surface area contributed by atoms with Crippen LogP contribution in [0.5, 0.6) is 0 Å². The summed E-state index contributed by atoms with van der Waals surface area (Å²) in [6, 6.07) is 13.8. The molecule has 0 spiro atoms. The number of primary sulfonamides is 1. The van der Waals surface area contributed by atoms with E-state index in [1.807, 2.05) is 18.2 Å². The Balaban J connectivity index is 1.36. The van der Waals surface area contributed by atoms with Gasteiger partial charge in [-0.15, -0.1) is 11.3 Å². The Bertz CT molecular complexity index is 1070. The fourth-order valence-corrected chi connectivity index (χ4v) is 4.98. The van der Waals surface area contributed by atoms with Crippen LogP contribution in [0.3, 0.4) is 0 Å². The number of para-hydroxylation sites is 1. The fraction of sp³-hybridized carbons (Fsp3) is 0.263. The number of nitrogens with two attached hydrogens (primary N) is 1. The molecule has 2 aromatic carbocycles. The average molecular weight is 417 g/mol. The Labute approximate surface area is 167 Å². The molecule has 0 bridgehead atoms. The standard InChI is InChI=1S/C19H20N4O3S2/c20-28(25,26)15-7-5-14(6-8-15)21-19(24)23-11-9-13(10-12-23)18-22-16-3-1-2-4-17(16)27-18/h1-8,13H,9-12H2,(H,21,24)(H2,20,25,26). The van der Waals surface area contributed by atoms with Gasteiger partial charge in [-0.2, -0.15) is 0 Å². The minimum atomic E-state index is -3.74. The van der Waals surface area contributed by atoms with Gasteiger partial charge in [0.25, 0.3) is 0 Å². The molecule has 0 unspecified atom stereocenters. The van der Waals surface area contributed by atoms with Crippen LogP contribution in [-0.2, 0) is 10.0 Å². The first-order valence-electron chi connectivity index (χ1n) is 8.94. The summed E-state index contributed by atoms with van der Waals surface area (Å²) in [6.07, 6.45) is 1.75. The number of rotatable bonds is 3. The predicted octanol–water partition coefficient (Wildman–Crippen LogP) is 3.36.